The highest BCUT2D eigenvalue weighted by atomic mass is 32.1. The topological polar surface area (TPSA) is 55.1 Å². The number of carbonyl (C=O) groups excluding carboxylic acids is 1. The van der Waals surface area contributed by atoms with Crippen molar-refractivity contribution in [3.8, 4) is 10.4 Å². The number of thiophene rings is 1. The number of halogens is 1. The molecule has 1 heterocycles. The summed E-state index contributed by atoms with van der Waals surface area (Å²) >= 11 is 1.71. The van der Waals surface area contributed by atoms with Crippen molar-refractivity contribution in [3.63, 3.8) is 0 Å². The number of carbonyl (C=O) groups is 1. The first-order valence-electron chi connectivity index (χ1n) is 8.06. The molecule has 0 saturated carbocycles. The predicted molar refractivity (Wildman–Crippen MR) is 100 cm³/mol. The summed E-state index contributed by atoms with van der Waals surface area (Å²) in [6.45, 7) is 1.57. The average Bonchev–Trinajstić information content (AvgIpc) is 3.08. The first-order chi connectivity index (χ1) is 12.1. The van der Waals surface area contributed by atoms with Gasteiger partial charge in [-0.05, 0) is 60.5 Å². The van der Waals surface area contributed by atoms with Gasteiger partial charge in [0.1, 0.15) is 5.82 Å². The van der Waals surface area contributed by atoms with Gasteiger partial charge in [0.2, 0.25) is 5.91 Å². The van der Waals surface area contributed by atoms with Crippen molar-refractivity contribution in [2.75, 3.05) is 6.54 Å². The van der Waals surface area contributed by atoms with Crippen LogP contribution >= 0.6 is 11.3 Å². The summed E-state index contributed by atoms with van der Waals surface area (Å²) in [4.78, 5) is 13.5. The van der Waals surface area contributed by atoms with Gasteiger partial charge in [0.05, 0.1) is 0 Å². The second-order valence-corrected chi connectivity index (χ2v) is 6.93. The fourth-order valence-corrected chi connectivity index (χ4v) is 3.55. The lowest BCUT2D eigenvalue weighted by atomic mass is 10.1. The van der Waals surface area contributed by atoms with Gasteiger partial charge in [-0.25, -0.2) is 4.39 Å². The Morgan fingerprint density at radius 1 is 1.08 bits per heavy atom. The van der Waals surface area contributed by atoms with Crippen LogP contribution in [0.25, 0.3) is 10.4 Å². The molecule has 2 aromatic carbocycles. The minimum atomic E-state index is -0.416. The van der Waals surface area contributed by atoms with Crippen molar-refractivity contribution < 1.29 is 9.18 Å². The minimum Gasteiger partial charge on any atom is -0.366 e. The second kappa shape index (κ2) is 8.05. The number of primary amides is 1. The van der Waals surface area contributed by atoms with Crippen LogP contribution in [-0.2, 0) is 13.0 Å². The lowest BCUT2D eigenvalue weighted by Crippen LogP contribution is -2.15. The van der Waals surface area contributed by atoms with Crippen LogP contribution < -0.4 is 11.1 Å². The van der Waals surface area contributed by atoms with E-state index >= 15 is 0 Å². The lowest BCUT2D eigenvalue weighted by molar-refractivity contribution is 0.100. The highest BCUT2D eigenvalue weighted by molar-refractivity contribution is 7.15. The molecule has 0 aliphatic heterocycles. The molecule has 0 atom stereocenters. The molecule has 5 heteroatoms. The maximum Gasteiger partial charge on any atom is 0.248 e. The van der Waals surface area contributed by atoms with E-state index in [4.69, 9.17) is 5.73 Å². The van der Waals surface area contributed by atoms with Crippen LogP contribution in [0.3, 0.4) is 0 Å². The molecule has 0 radical (unpaired) electrons. The summed E-state index contributed by atoms with van der Waals surface area (Å²) in [7, 11) is 0. The van der Waals surface area contributed by atoms with Gasteiger partial charge in [-0.1, -0.05) is 24.3 Å². The molecule has 0 aliphatic rings. The van der Waals surface area contributed by atoms with Crippen molar-refractivity contribution in [1.29, 1.82) is 0 Å². The van der Waals surface area contributed by atoms with E-state index < -0.39 is 5.91 Å². The lowest BCUT2D eigenvalue weighted by Gasteiger charge is -2.04. The van der Waals surface area contributed by atoms with E-state index in [1.165, 1.54) is 10.9 Å². The van der Waals surface area contributed by atoms with E-state index in [0.29, 0.717) is 5.56 Å². The molecule has 25 heavy (non-hydrogen) atoms. The van der Waals surface area contributed by atoms with Crippen molar-refractivity contribution in [2.45, 2.75) is 13.0 Å². The molecule has 0 spiro atoms. The van der Waals surface area contributed by atoms with Gasteiger partial charge in [-0.2, -0.15) is 0 Å². The molecular formula is C20H19FN2OS. The van der Waals surface area contributed by atoms with Gasteiger partial charge in [0, 0.05) is 21.9 Å². The number of hydrogen-bond acceptors (Lipinski definition) is 3. The van der Waals surface area contributed by atoms with Gasteiger partial charge in [-0.15, -0.1) is 11.3 Å². The minimum absolute atomic E-state index is 0.192. The molecule has 1 amide bonds. The maximum atomic E-state index is 13.1. The Hall–Kier alpha value is -2.50. The quantitative estimate of drug-likeness (QED) is 0.631. The number of amides is 1. The van der Waals surface area contributed by atoms with Gasteiger partial charge in [-0.3, -0.25) is 4.79 Å². The van der Waals surface area contributed by atoms with E-state index in [1.54, 1.807) is 35.6 Å². The third kappa shape index (κ3) is 4.75. The van der Waals surface area contributed by atoms with Gasteiger partial charge < -0.3 is 11.1 Å². The monoisotopic (exact) mass is 354 g/mol. The number of hydrogen-bond donors (Lipinski definition) is 2. The first kappa shape index (κ1) is 17.3. The van der Waals surface area contributed by atoms with Crippen LogP contribution in [0.1, 0.15) is 20.8 Å². The van der Waals surface area contributed by atoms with E-state index in [9.17, 15) is 9.18 Å². The normalized spacial score (nSPS) is 10.8. The van der Waals surface area contributed by atoms with E-state index in [0.717, 1.165) is 35.5 Å². The molecule has 128 valence electrons. The Morgan fingerprint density at radius 3 is 2.60 bits per heavy atom. The van der Waals surface area contributed by atoms with E-state index in [2.05, 4.69) is 17.4 Å². The summed E-state index contributed by atoms with van der Waals surface area (Å²) in [5, 5.41) is 3.39. The molecule has 3 N–H and O–H groups in total. The largest absolute Gasteiger partial charge is 0.366 e. The Balaban J connectivity index is 1.52. The number of rotatable bonds is 7. The fourth-order valence-electron chi connectivity index (χ4n) is 2.56. The molecule has 0 saturated heterocycles. The zero-order valence-electron chi connectivity index (χ0n) is 13.7. The van der Waals surface area contributed by atoms with E-state index in [-0.39, 0.29) is 5.82 Å². The summed E-state index contributed by atoms with van der Waals surface area (Å²) in [6.07, 6.45) is 0.796. The smallest absolute Gasteiger partial charge is 0.248 e. The number of nitrogens with one attached hydrogen (secondary N) is 1. The SMILES string of the molecule is NC(=O)c1ccc(-c2ccc(CNCCc3cccc(F)c3)s2)cc1. The van der Waals surface area contributed by atoms with E-state index in [1.807, 2.05) is 18.2 Å². The van der Waals surface area contributed by atoms with Crippen LogP contribution in [0.4, 0.5) is 4.39 Å². The number of nitrogens with two attached hydrogens (primary N) is 1. The highest BCUT2D eigenvalue weighted by Crippen LogP contribution is 2.28. The first-order valence-corrected chi connectivity index (χ1v) is 8.87. The Labute approximate surface area is 150 Å². The Morgan fingerprint density at radius 2 is 1.88 bits per heavy atom. The van der Waals surface area contributed by atoms with Crippen LogP contribution in [-0.4, -0.2) is 12.5 Å². The summed E-state index contributed by atoms with van der Waals surface area (Å²) in [5.74, 6) is -0.608. The molecule has 0 bridgehead atoms. The standard InChI is InChI=1S/C20H19FN2OS/c21-17-3-1-2-14(12-17)10-11-23-13-18-8-9-19(25-18)15-4-6-16(7-5-15)20(22)24/h1-9,12,23H,10-11,13H2,(H2,22,24). The van der Waals surface area contributed by atoms with Crippen LogP contribution in [0.5, 0.6) is 0 Å². The third-order valence-electron chi connectivity index (χ3n) is 3.89. The van der Waals surface area contributed by atoms with Crippen molar-refractivity contribution >= 4 is 17.2 Å². The molecule has 0 fully saturated rings. The second-order valence-electron chi connectivity index (χ2n) is 5.76. The molecule has 3 nitrogen and oxygen atoms in total. The summed E-state index contributed by atoms with van der Waals surface area (Å²) in [5.41, 5.74) is 7.84. The zero-order chi connectivity index (χ0) is 17.6. The van der Waals surface area contributed by atoms with Crippen molar-refractivity contribution in [3.05, 3.63) is 82.5 Å². The molecule has 0 unspecified atom stereocenters. The highest BCUT2D eigenvalue weighted by Gasteiger charge is 2.05. The van der Waals surface area contributed by atoms with Crippen LogP contribution in [0, 0.1) is 5.82 Å². The Kier molecular flexibility index (Phi) is 5.58. The molecule has 1 aromatic heterocycles. The fraction of sp³-hybridized carbons (Fsp3) is 0.150. The van der Waals surface area contributed by atoms with Gasteiger partial charge in [0.25, 0.3) is 0 Å². The van der Waals surface area contributed by atoms with Crippen molar-refractivity contribution in [1.82, 2.24) is 5.32 Å². The van der Waals surface area contributed by atoms with Gasteiger partial charge >= 0.3 is 0 Å². The van der Waals surface area contributed by atoms with Gasteiger partial charge in [0.15, 0.2) is 0 Å². The molecule has 3 aromatic rings. The zero-order valence-corrected chi connectivity index (χ0v) is 14.5. The van der Waals surface area contributed by atoms with Crippen LogP contribution in [0.2, 0.25) is 0 Å². The average molecular weight is 354 g/mol. The van der Waals surface area contributed by atoms with Crippen LogP contribution in [0.15, 0.2) is 60.7 Å². The Bertz CT molecular complexity index is 858. The number of benzene rings is 2. The maximum absolute atomic E-state index is 13.1. The molecular weight excluding hydrogens is 335 g/mol. The van der Waals surface area contributed by atoms with Crippen molar-refractivity contribution in [2.24, 2.45) is 5.73 Å². The molecule has 0 aliphatic carbocycles. The predicted octanol–water partition coefficient (Wildman–Crippen LogP) is 3.99. The third-order valence-corrected chi connectivity index (χ3v) is 5.03. The summed E-state index contributed by atoms with van der Waals surface area (Å²) in [6, 6.07) is 18.2. The molecule has 3 rings (SSSR count). The summed E-state index contributed by atoms with van der Waals surface area (Å²) < 4.78 is 13.1.